The molecule has 1 heterocycles. The fraction of sp³-hybridized carbons (Fsp3) is 0.368. The number of halogens is 1. The van der Waals surface area contributed by atoms with Crippen LogP contribution >= 0.6 is 22.9 Å². The van der Waals surface area contributed by atoms with Crippen molar-refractivity contribution in [3.63, 3.8) is 0 Å². The molecule has 6 heteroatoms. The molecule has 0 fully saturated rings. The summed E-state index contributed by atoms with van der Waals surface area (Å²) in [7, 11) is 0. The van der Waals surface area contributed by atoms with Crippen LogP contribution < -0.4 is 5.32 Å². The summed E-state index contributed by atoms with van der Waals surface area (Å²) >= 11 is 7.27. The summed E-state index contributed by atoms with van der Waals surface area (Å²) in [5.41, 5.74) is 2.47. The second-order valence-corrected chi connectivity index (χ2v) is 7.40. The zero-order valence-electron chi connectivity index (χ0n) is 14.6. The van der Waals surface area contributed by atoms with E-state index in [1.807, 2.05) is 38.1 Å². The Balaban J connectivity index is 1.95. The van der Waals surface area contributed by atoms with Gasteiger partial charge in [-0.1, -0.05) is 23.7 Å². The van der Waals surface area contributed by atoms with Gasteiger partial charge in [-0.25, -0.2) is 4.79 Å². The lowest BCUT2D eigenvalue weighted by atomic mass is 10.1. The molecule has 2 aromatic rings. The summed E-state index contributed by atoms with van der Waals surface area (Å²) in [6.07, 6.45) is 1.92. The number of hydrogen-bond acceptors (Lipinski definition) is 4. The van der Waals surface area contributed by atoms with Crippen LogP contribution in [0.25, 0.3) is 0 Å². The number of esters is 1. The van der Waals surface area contributed by atoms with E-state index in [9.17, 15) is 9.59 Å². The number of ether oxygens (including phenoxy) is 1. The van der Waals surface area contributed by atoms with Crippen LogP contribution in [0.1, 0.15) is 46.1 Å². The van der Waals surface area contributed by atoms with Crippen molar-refractivity contribution in [1.29, 1.82) is 0 Å². The molecule has 0 saturated carbocycles. The van der Waals surface area contributed by atoms with Gasteiger partial charge in [-0.15, -0.1) is 11.3 Å². The first kappa shape index (κ1) is 19.5. The van der Waals surface area contributed by atoms with Crippen molar-refractivity contribution in [1.82, 2.24) is 0 Å². The molecule has 0 saturated heterocycles. The van der Waals surface area contributed by atoms with Gasteiger partial charge in [0.25, 0.3) is 0 Å². The van der Waals surface area contributed by atoms with Gasteiger partial charge in [0, 0.05) is 16.3 Å². The normalized spacial score (nSPS) is 10.6. The second kappa shape index (κ2) is 9.02. The molecule has 1 aromatic heterocycles. The fourth-order valence-corrected chi connectivity index (χ4v) is 3.65. The Morgan fingerprint density at radius 2 is 1.88 bits per heavy atom. The average Bonchev–Trinajstić information content (AvgIpc) is 2.83. The number of rotatable bonds is 7. The minimum atomic E-state index is -0.388. The molecule has 0 bridgehead atoms. The lowest BCUT2D eigenvalue weighted by Gasteiger charge is -2.07. The molecule has 1 amide bonds. The first-order valence-corrected chi connectivity index (χ1v) is 9.43. The second-order valence-electron chi connectivity index (χ2n) is 5.74. The summed E-state index contributed by atoms with van der Waals surface area (Å²) in [6, 6.07) is 7.62. The van der Waals surface area contributed by atoms with Crippen LogP contribution in [0.5, 0.6) is 0 Å². The van der Waals surface area contributed by atoms with E-state index in [0.29, 0.717) is 28.6 Å². The number of hydrogen-bond donors (Lipinski definition) is 1. The van der Waals surface area contributed by atoms with E-state index in [2.05, 4.69) is 5.32 Å². The summed E-state index contributed by atoms with van der Waals surface area (Å²) in [4.78, 5) is 25.4. The summed E-state index contributed by atoms with van der Waals surface area (Å²) in [6.45, 7) is 5.87. The predicted molar refractivity (Wildman–Crippen MR) is 103 cm³/mol. The number of carbonyl (C=O) groups excluding carboxylic acids is 2. The zero-order chi connectivity index (χ0) is 18.4. The molecule has 0 atom stereocenters. The minimum absolute atomic E-state index is 0.0965. The molecular weight excluding hydrogens is 358 g/mol. The van der Waals surface area contributed by atoms with Crippen LogP contribution in [-0.4, -0.2) is 18.5 Å². The third kappa shape index (κ3) is 5.31. The number of aryl methyl sites for hydroxylation is 2. The number of anilines is 1. The molecule has 1 N–H and O–H groups in total. The molecule has 0 aliphatic carbocycles. The topological polar surface area (TPSA) is 55.4 Å². The molecule has 4 nitrogen and oxygen atoms in total. The van der Waals surface area contributed by atoms with Crippen LogP contribution in [0.15, 0.2) is 24.3 Å². The maximum Gasteiger partial charge on any atom is 0.341 e. The van der Waals surface area contributed by atoms with Crippen LogP contribution in [0.2, 0.25) is 5.02 Å². The van der Waals surface area contributed by atoms with Gasteiger partial charge in [-0.3, -0.25) is 4.79 Å². The molecule has 25 heavy (non-hydrogen) atoms. The van der Waals surface area contributed by atoms with Crippen molar-refractivity contribution < 1.29 is 14.3 Å². The molecular formula is C19H22ClNO3S. The summed E-state index contributed by atoms with van der Waals surface area (Å²) in [5, 5.41) is 4.14. The fourth-order valence-electron chi connectivity index (χ4n) is 2.46. The molecule has 0 radical (unpaired) electrons. The highest BCUT2D eigenvalue weighted by molar-refractivity contribution is 7.16. The van der Waals surface area contributed by atoms with Crippen molar-refractivity contribution in [3.8, 4) is 0 Å². The highest BCUT2D eigenvalue weighted by atomic mass is 35.5. The Labute approximate surface area is 157 Å². The van der Waals surface area contributed by atoms with Crippen molar-refractivity contribution in [2.24, 2.45) is 0 Å². The van der Waals surface area contributed by atoms with E-state index in [1.165, 1.54) is 11.3 Å². The third-order valence-corrected chi connectivity index (χ3v) is 5.28. The first-order chi connectivity index (χ1) is 11.9. The number of amides is 1. The summed E-state index contributed by atoms with van der Waals surface area (Å²) in [5.74, 6) is -0.485. The van der Waals surface area contributed by atoms with Gasteiger partial charge in [-0.05, 0) is 56.9 Å². The smallest absolute Gasteiger partial charge is 0.341 e. The van der Waals surface area contributed by atoms with E-state index < -0.39 is 0 Å². The Morgan fingerprint density at radius 3 is 2.52 bits per heavy atom. The van der Waals surface area contributed by atoms with Gasteiger partial charge in [0.15, 0.2) is 0 Å². The maximum absolute atomic E-state index is 12.2. The van der Waals surface area contributed by atoms with Crippen molar-refractivity contribution in [3.05, 3.63) is 50.9 Å². The molecule has 0 aliphatic rings. The lowest BCUT2D eigenvalue weighted by molar-refractivity contribution is -0.116. The highest BCUT2D eigenvalue weighted by Gasteiger charge is 2.21. The Bertz CT molecular complexity index is 753. The van der Waals surface area contributed by atoms with Gasteiger partial charge in [0.05, 0.1) is 12.2 Å². The molecule has 1 aromatic carbocycles. The molecule has 134 valence electrons. The van der Waals surface area contributed by atoms with E-state index >= 15 is 0 Å². The van der Waals surface area contributed by atoms with Crippen molar-refractivity contribution >= 4 is 39.8 Å². The van der Waals surface area contributed by atoms with Crippen LogP contribution in [-0.2, 0) is 16.0 Å². The predicted octanol–water partition coefficient (Wildman–Crippen LogP) is 5.16. The van der Waals surface area contributed by atoms with E-state index in [0.717, 1.165) is 28.8 Å². The van der Waals surface area contributed by atoms with Crippen molar-refractivity contribution in [2.45, 2.75) is 40.0 Å². The number of carbonyl (C=O) groups is 2. The lowest BCUT2D eigenvalue weighted by Crippen LogP contribution is -2.14. The van der Waals surface area contributed by atoms with Gasteiger partial charge in [0.1, 0.15) is 5.00 Å². The van der Waals surface area contributed by atoms with Crippen LogP contribution in [0, 0.1) is 13.8 Å². The van der Waals surface area contributed by atoms with Gasteiger partial charge >= 0.3 is 5.97 Å². The largest absolute Gasteiger partial charge is 0.462 e. The Hall–Kier alpha value is -1.85. The quantitative estimate of drug-likeness (QED) is 0.676. The Kier molecular flexibility index (Phi) is 7.02. The molecule has 0 spiro atoms. The SMILES string of the molecule is CCOC(=O)c1c(NC(=O)CCCc2ccc(Cl)cc2)sc(C)c1C. The van der Waals surface area contributed by atoms with E-state index in [1.54, 1.807) is 6.92 Å². The summed E-state index contributed by atoms with van der Waals surface area (Å²) < 4.78 is 5.10. The van der Waals surface area contributed by atoms with Crippen LogP contribution in [0.3, 0.4) is 0 Å². The standard InChI is InChI=1S/C19H22ClNO3S/c1-4-24-19(23)17-12(2)13(3)25-18(17)21-16(22)7-5-6-14-8-10-15(20)11-9-14/h8-11H,4-7H2,1-3H3,(H,21,22). The first-order valence-electron chi connectivity index (χ1n) is 8.23. The number of nitrogens with one attached hydrogen (secondary N) is 1. The maximum atomic E-state index is 12.2. The monoisotopic (exact) mass is 379 g/mol. The van der Waals surface area contributed by atoms with Gasteiger partial charge < -0.3 is 10.1 Å². The van der Waals surface area contributed by atoms with Gasteiger partial charge in [-0.2, -0.15) is 0 Å². The average molecular weight is 380 g/mol. The Morgan fingerprint density at radius 1 is 1.20 bits per heavy atom. The van der Waals surface area contributed by atoms with E-state index in [-0.39, 0.29) is 11.9 Å². The molecule has 0 unspecified atom stereocenters. The zero-order valence-corrected chi connectivity index (χ0v) is 16.2. The number of benzene rings is 1. The van der Waals surface area contributed by atoms with Crippen LogP contribution in [0.4, 0.5) is 5.00 Å². The highest BCUT2D eigenvalue weighted by Crippen LogP contribution is 2.33. The number of thiophene rings is 1. The van der Waals surface area contributed by atoms with Gasteiger partial charge in [0.2, 0.25) is 5.91 Å². The van der Waals surface area contributed by atoms with Crippen molar-refractivity contribution in [2.75, 3.05) is 11.9 Å². The minimum Gasteiger partial charge on any atom is -0.462 e. The molecule has 0 aliphatic heterocycles. The molecule has 2 rings (SSSR count). The third-order valence-electron chi connectivity index (χ3n) is 3.90. The van der Waals surface area contributed by atoms with E-state index in [4.69, 9.17) is 16.3 Å².